The average molecular weight is 100 g/mol. The van der Waals surface area contributed by atoms with Crippen LogP contribution in [-0.2, 0) is 4.74 Å². The molecule has 2 heteroatoms. The first kappa shape index (κ1) is 9.25. The van der Waals surface area contributed by atoms with E-state index in [2.05, 4.69) is 11.3 Å². The molecule has 1 nitrogen and oxygen atoms in total. The van der Waals surface area contributed by atoms with Crippen LogP contribution in [0.4, 0.5) is 0 Å². The van der Waals surface area contributed by atoms with E-state index in [4.69, 9.17) is 0 Å². The molecule has 0 atom stereocenters. The summed E-state index contributed by atoms with van der Waals surface area (Å²) in [6.07, 6.45) is 1.38. The second kappa shape index (κ2) is 8.84. The van der Waals surface area contributed by atoms with E-state index < -0.39 is 0 Å². The molecule has 0 radical (unpaired) electrons. The fourth-order valence-corrected chi connectivity index (χ4v) is 0. The second-order valence-corrected chi connectivity index (χ2v) is 0.402. The topological polar surface area (TPSA) is 9.23 Å². The van der Waals surface area contributed by atoms with Gasteiger partial charge in [-0.15, -0.1) is 0 Å². The van der Waals surface area contributed by atoms with E-state index in [-0.39, 0.29) is 37.7 Å². The van der Waals surface area contributed by atoms with Gasteiger partial charge in [-0.3, -0.25) is 0 Å². The van der Waals surface area contributed by atoms with Gasteiger partial charge in [-0.1, -0.05) is 6.58 Å². The molecular weight excluding hydrogens is 92.1 g/mol. The fourth-order valence-electron chi connectivity index (χ4n) is 0. The van der Waals surface area contributed by atoms with Crippen LogP contribution in [0, 0.1) is 0 Å². The molecule has 0 aliphatic carbocycles. The minimum absolute atomic E-state index is 0. The van der Waals surface area contributed by atoms with Gasteiger partial charge < -0.3 is 4.74 Å². The van der Waals surface area contributed by atoms with Gasteiger partial charge in [0.25, 0.3) is 0 Å². The molecule has 28 valence electrons. The van der Waals surface area contributed by atoms with Crippen LogP contribution in [0.25, 0.3) is 0 Å². The zero-order valence-electron chi connectivity index (χ0n) is 2.69. The number of methoxy groups -OCH3 is 1. The molecule has 0 saturated carbocycles. The van der Waals surface area contributed by atoms with Crippen molar-refractivity contribution < 1.29 is 4.74 Å². The van der Waals surface area contributed by atoms with Gasteiger partial charge in [-0.05, 0) is 0 Å². The third kappa shape index (κ3) is 11.6. The Labute approximate surface area is 62.0 Å². The van der Waals surface area contributed by atoms with Crippen molar-refractivity contribution in [2.45, 2.75) is 0 Å². The van der Waals surface area contributed by atoms with Gasteiger partial charge in [-0.2, -0.15) is 0 Å². The molecule has 5 heavy (non-hydrogen) atoms. The van der Waals surface area contributed by atoms with Gasteiger partial charge in [0.05, 0.1) is 13.4 Å². The molecule has 0 heterocycles. The number of hydrogen-bond donors (Lipinski definition) is 0. The summed E-state index contributed by atoms with van der Waals surface area (Å²) < 4.78 is 4.31. The van der Waals surface area contributed by atoms with Crippen molar-refractivity contribution in [3.63, 3.8) is 0 Å². The molecule has 0 spiro atoms. The van der Waals surface area contributed by atoms with E-state index in [1.807, 2.05) is 0 Å². The van der Waals surface area contributed by atoms with Gasteiger partial charge >= 0.3 is 37.7 Å². The summed E-state index contributed by atoms with van der Waals surface area (Å²) in [5.41, 5.74) is 0. The standard InChI is InChI=1S/C3H6O.Ca.2H/c1-3-4-2;;;/h3H,1H2,2H3;;;. The third-order valence-corrected chi connectivity index (χ3v) is 0.167. The molecule has 0 aromatic heterocycles. The van der Waals surface area contributed by atoms with E-state index >= 15 is 0 Å². The van der Waals surface area contributed by atoms with Crippen LogP contribution in [0.5, 0.6) is 0 Å². The van der Waals surface area contributed by atoms with Crippen molar-refractivity contribution in [2.24, 2.45) is 0 Å². The van der Waals surface area contributed by atoms with Gasteiger partial charge in [0, 0.05) is 0 Å². The zero-order valence-corrected chi connectivity index (χ0v) is 2.69. The molecule has 0 aromatic rings. The third-order valence-electron chi connectivity index (χ3n) is 0.167. The van der Waals surface area contributed by atoms with E-state index in [1.165, 1.54) is 6.26 Å². The van der Waals surface area contributed by atoms with Gasteiger partial charge in [-0.25, -0.2) is 0 Å². The summed E-state index contributed by atoms with van der Waals surface area (Å²) in [6, 6.07) is 0. The Bertz CT molecular complexity index is 20.9. The van der Waals surface area contributed by atoms with E-state index in [1.54, 1.807) is 7.11 Å². The summed E-state index contributed by atoms with van der Waals surface area (Å²) in [4.78, 5) is 0. The van der Waals surface area contributed by atoms with Crippen molar-refractivity contribution in [3.05, 3.63) is 12.8 Å². The first-order chi connectivity index (χ1) is 1.91. The maximum absolute atomic E-state index is 4.31. The van der Waals surface area contributed by atoms with Crippen molar-refractivity contribution in [2.75, 3.05) is 7.11 Å². The predicted octanol–water partition coefficient (Wildman–Crippen LogP) is -0.140. The Kier molecular flexibility index (Phi) is 16.4. The quantitative estimate of drug-likeness (QED) is 0.329. The summed E-state index contributed by atoms with van der Waals surface area (Å²) in [7, 11) is 1.56. The average Bonchev–Trinajstić information content (AvgIpc) is 1.37. The van der Waals surface area contributed by atoms with Crippen molar-refractivity contribution in [1.29, 1.82) is 0 Å². The predicted molar refractivity (Wildman–Crippen MR) is 25.7 cm³/mol. The van der Waals surface area contributed by atoms with Gasteiger partial charge in [0.1, 0.15) is 0 Å². The normalized spacial score (nSPS) is 4.20. The van der Waals surface area contributed by atoms with Crippen LogP contribution >= 0.6 is 0 Å². The number of hydrogen-bond acceptors (Lipinski definition) is 1. The molecule has 0 unspecified atom stereocenters. The number of rotatable bonds is 1. The summed E-state index contributed by atoms with van der Waals surface area (Å²) in [6.45, 7) is 3.26. The summed E-state index contributed by atoms with van der Waals surface area (Å²) >= 11 is 0. The van der Waals surface area contributed by atoms with Crippen LogP contribution in [-0.4, -0.2) is 44.8 Å². The van der Waals surface area contributed by atoms with Gasteiger partial charge in [0.15, 0.2) is 0 Å². The molecule has 0 rings (SSSR count). The Morgan fingerprint density at radius 3 is 2.00 bits per heavy atom. The van der Waals surface area contributed by atoms with Crippen LogP contribution in [0.2, 0.25) is 0 Å². The van der Waals surface area contributed by atoms with E-state index in [9.17, 15) is 0 Å². The zero-order chi connectivity index (χ0) is 3.41. The molecule has 0 aliphatic heterocycles. The number of ether oxygens (including phenoxy) is 1. The van der Waals surface area contributed by atoms with E-state index in [0.29, 0.717) is 0 Å². The SMILES string of the molecule is C=COC.[CaH2]. The molecule has 0 fully saturated rings. The Morgan fingerprint density at radius 1 is 1.80 bits per heavy atom. The van der Waals surface area contributed by atoms with Crippen molar-refractivity contribution in [1.82, 2.24) is 0 Å². The Morgan fingerprint density at radius 2 is 2.00 bits per heavy atom. The monoisotopic (exact) mass is 100 g/mol. The van der Waals surface area contributed by atoms with Crippen molar-refractivity contribution in [3.8, 4) is 0 Å². The summed E-state index contributed by atoms with van der Waals surface area (Å²) in [5.74, 6) is 0. The van der Waals surface area contributed by atoms with Crippen LogP contribution in [0.15, 0.2) is 12.8 Å². The Hall–Kier alpha value is 0.800. The van der Waals surface area contributed by atoms with E-state index in [0.717, 1.165) is 0 Å². The van der Waals surface area contributed by atoms with Crippen LogP contribution < -0.4 is 0 Å². The molecule has 0 aliphatic rings. The maximum atomic E-state index is 4.31. The first-order valence-electron chi connectivity index (χ1n) is 1.05. The molecule has 0 amide bonds. The van der Waals surface area contributed by atoms with Gasteiger partial charge in [0.2, 0.25) is 0 Å². The van der Waals surface area contributed by atoms with Crippen LogP contribution in [0.1, 0.15) is 0 Å². The second-order valence-electron chi connectivity index (χ2n) is 0.402. The minimum atomic E-state index is 0. The molecule has 0 saturated heterocycles. The van der Waals surface area contributed by atoms with Crippen LogP contribution in [0.3, 0.4) is 0 Å². The molecule has 0 aromatic carbocycles. The first-order valence-corrected chi connectivity index (χ1v) is 1.05. The molecule has 0 bridgehead atoms. The van der Waals surface area contributed by atoms with Crippen molar-refractivity contribution >= 4 is 37.7 Å². The fraction of sp³-hybridized carbons (Fsp3) is 0.333. The Balaban J connectivity index is 0. The summed E-state index contributed by atoms with van der Waals surface area (Å²) in [5, 5.41) is 0. The molecular formula is C3H8CaO. The molecule has 0 N–H and O–H groups in total.